The first-order valence-corrected chi connectivity index (χ1v) is 8.03. The Balaban J connectivity index is 1.69. The molecular formula is C11H10N8OS2. The Morgan fingerprint density at radius 1 is 1.32 bits per heavy atom. The average Bonchev–Trinajstić information content (AvgIpc) is 3.20. The van der Waals surface area contributed by atoms with Gasteiger partial charge >= 0.3 is 0 Å². The molecule has 3 aromatic heterocycles. The number of hydrogen-bond donors (Lipinski definition) is 1. The molecule has 1 amide bonds. The van der Waals surface area contributed by atoms with Crippen molar-refractivity contribution in [3.05, 3.63) is 30.5 Å². The van der Waals surface area contributed by atoms with E-state index in [1.54, 1.807) is 23.9 Å². The van der Waals surface area contributed by atoms with E-state index in [2.05, 4.69) is 35.8 Å². The van der Waals surface area contributed by atoms with Gasteiger partial charge in [-0.15, -0.1) is 20.4 Å². The summed E-state index contributed by atoms with van der Waals surface area (Å²) in [5.41, 5.74) is 0.184. The summed E-state index contributed by atoms with van der Waals surface area (Å²) in [5, 5.41) is 22.7. The van der Waals surface area contributed by atoms with Crippen LogP contribution in [0.4, 0.5) is 5.13 Å². The molecule has 0 spiro atoms. The second-order valence-electron chi connectivity index (χ2n) is 3.88. The zero-order valence-corrected chi connectivity index (χ0v) is 13.0. The van der Waals surface area contributed by atoms with Crippen molar-refractivity contribution in [1.29, 1.82) is 0 Å². The number of carbonyl (C=O) groups excluding carboxylic acids is 1. The van der Waals surface area contributed by atoms with E-state index in [9.17, 15) is 4.79 Å². The lowest BCUT2D eigenvalue weighted by molar-refractivity contribution is 0.102. The quantitative estimate of drug-likeness (QED) is 0.548. The maximum Gasteiger partial charge on any atom is 0.278 e. The molecule has 3 aromatic rings. The molecule has 9 nitrogen and oxygen atoms in total. The molecule has 3 heterocycles. The first-order valence-electron chi connectivity index (χ1n) is 6.22. The molecule has 22 heavy (non-hydrogen) atoms. The average molecular weight is 334 g/mol. The third-order valence-electron chi connectivity index (χ3n) is 2.43. The molecule has 0 bridgehead atoms. The van der Waals surface area contributed by atoms with Crippen LogP contribution < -0.4 is 5.32 Å². The van der Waals surface area contributed by atoms with E-state index >= 15 is 0 Å². The van der Waals surface area contributed by atoms with Gasteiger partial charge in [0.1, 0.15) is 12.7 Å². The van der Waals surface area contributed by atoms with Crippen LogP contribution in [-0.4, -0.2) is 46.8 Å². The van der Waals surface area contributed by atoms with Gasteiger partial charge in [0.05, 0.1) is 0 Å². The third kappa shape index (κ3) is 3.26. The van der Waals surface area contributed by atoms with Crippen molar-refractivity contribution >= 4 is 34.1 Å². The van der Waals surface area contributed by atoms with Gasteiger partial charge in [0.25, 0.3) is 5.91 Å². The summed E-state index contributed by atoms with van der Waals surface area (Å²) in [6, 6.07) is 3.19. The lowest BCUT2D eigenvalue weighted by Crippen LogP contribution is -2.15. The van der Waals surface area contributed by atoms with Gasteiger partial charge in [-0.05, 0) is 17.9 Å². The number of aromatic nitrogens is 7. The van der Waals surface area contributed by atoms with Crippen LogP contribution in [0.15, 0.2) is 29.1 Å². The van der Waals surface area contributed by atoms with Gasteiger partial charge in [-0.1, -0.05) is 30.0 Å². The first kappa shape index (κ1) is 14.5. The molecule has 1 N–H and O–H groups in total. The SMILES string of the molecule is CCSc1nnc(NC(=O)c2ccc(-n3cncn3)nn2)s1. The van der Waals surface area contributed by atoms with E-state index in [1.807, 2.05) is 6.92 Å². The van der Waals surface area contributed by atoms with Crippen LogP contribution in [-0.2, 0) is 0 Å². The van der Waals surface area contributed by atoms with E-state index in [0.717, 1.165) is 10.1 Å². The molecular weight excluding hydrogens is 324 g/mol. The third-order valence-corrected chi connectivity index (χ3v) is 4.29. The lowest BCUT2D eigenvalue weighted by Gasteiger charge is -2.01. The molecule has 3 rings (SSSR count). The van der Waals surface area contributed by atoms with Crippen molar-refractivity contribution in [2.24, 2.45) is 0 Å². The minimum Gasteiger partial charge on any atom is -0.295 e. The van der Waals surface area contributed by atoms with E-state index in [4.69, 9.17) is 0 Å². The fourth-order valence-electron chi connectivity index (χ4n) is 1.50. The number of hydrogen-bond acceptors (Lipinski definition) is 9. The Labute approximate surface area is 133 Å². The lowest BCUT2D eigenvalue weighted by atomic mass is 10.3. The van der Waals surface area contributed by atoms with Crippen LogP contribution in [0.25, 0.3) is 5.82 Å². The van der Waals surface area contributed by atoms with Crippen LogP contribution in [0.3, 0.4) is 0 Å². The maximum atomic E-state index is 12.1. The van der Waals surface area contributed by atoms with Crippen molar-refractivity contribution in [2.75, 3.05) is 11.1 Å². The summed E-state index contributed by atoms with van der Waals surface area (Å²) in [4.78, 5) is 15.9. The largest absolute Gasteiger partial charge is 0.295 e. The minimum atomic E-state index is -0.387. The van der Waals surface area contributed by atoms with Crippen LogP contribution in [0.1, 0.15) is 17.4 Å². The van der Waals surface area contributed by atoms with Crippen molar-refractivity contribution in [3.8, 4) is 5.82 Å². The van der Waals surface area contributed by atoms with Gasteiger partial charge in [-0.25, -0.2) is 9.67 Å². The summed E-state index contributed by atoms with van der Waals surface area (Å²) < 4.78 is 2.26. The summed E-state index contributed by atoms with van der Waals surface area (Å²) in [5.74, 6) is 0.992. The fraction of sp³-hybridized carbons (Fsp3) is 0.182. The van der Waals surface area contributed by atoms with Gasteiger partial charge in [-0.3, -0.25) is 10.1 Å². The number of nitrogens with one attached hydrogen (secondary N) is 1. The molecule has 0 atom stereocenters. The predicted octanol–water partition coefficient (Wildman–Crippen LogP) is 1.27. The molecule has 0 aromatic carbocycles. The Kier molecular flexibility index (Phi) is 4.34. The van der Waals surface area contributed by atoms with Crippen molar-refractivity contribution in [1.82, 2.24) is 35.2 Å². The summed E-state index contributed by atoms with van der Waals surface area (Å²) in [6.45, 7) is 2.02. The fourth-order valence-corrected chi connectivity index (χ4v) is 3.14. The molecule has 0 unspecified atom stereocenters. The monoisotopic (exact) mass is 334 g/mol. The smallest absolute Gasteiger partial charge is 0.278 e. The van der Waals surface area contributed by atoms with Crippen LogP contribution in [0, 0.1) is 0 Å². The Morgan fingerprint density at radius 3 is 2.91 bits per heavy atom. The van der Waals surface area contributed by atoms with E-state index in [1.165, 1.54) is 28.7 Å². The summed E-state index contributed by atoms with van der Waals surface area (Å²) in [7, 11) is 0. The highest BCUT2D eigenvalue weighted by molar-refractivity contribution is 8.01. The van der Waals surface area contributed by atoms with E-state index < -0.39 is 0 Å². The predicted molar refractivity (Wildman–Crippen MR) is 81.2 cm³/mol. The second kappa shape index (κ2) is 6.58. The second-order valence-corrected chi connectivity index (χ2v) is 6.37. The number of nitrogens with zero attached hydrogens (tertiary/aromatic N) is 7. The first-order chi connectivity index (χ1) is 10.8. The number of thioether (sulfide) groups is 1. The summed E-state index contributed by atoms with van der Waals surface area (Å²) in [6.07, 6.45) is 2.89. The van der Waals surface area contributed by atoms with E-state index in [-0.39, 0.29) is 11.6 Å². The molecule has 0 aliphatic carbocycles. The molecule has 11 heteroatoms. The van der Waals surface area contributed by atoms with Crippen LogP contribution in [0.2, 0.25) is 0 Å². The highest BCUT2D eigenvalue weighted by Crippen LogP contribution is 2.25. The minimum absolute atomic E-state index is 0.184. The van der Waals surface area contributed by atoms with Gasteiger partial charge in [-0.2, -0.15) is 5.10 Å². The molecule has 0 saturated carbocycles. The molecule has 0 fully saturated rings. The van der Waals surface area contributed by atoms with Crippen molar-refractivity contribution in [3.63, 3.8) is 0 Å². The van der Waals surface area contributed by atoms with Gasteiger partial charge in [0.15, 0.2) is 15.9 Å². The normalized spacial score (nSPS) is 10.6. The van der Waals surface area contributed by atoms with Crippen molar-refractivity contribution < 1.29 is 4.79 Å². The van der Waals surface area contributed by atoms with Gasteiger partial charge < -0.3 is 0 Å². The van der Waals surface area contributed by atoms with Crippen LogP contribution >= 0.6 is 23.1 Å². The Morgan fingerprint density at radius 2 is 2.23 bits per heavy atom. The molecule has 0 aliphatic heterocycles. The topological polar surface area (TPSA) is 111 Å². The van der Waals surface area contributed by atoms with Gasteiger partial charge in [0, 0.05) is 0 Å². The number of amides is 1. The zero-order valence-electron chi connectivity index (χ0n) is 11.4. The van der Waals surface area contributed by atoms with Crippen LogP contribution in [0.5, 0.6) is 0 Å². The number of carbonyl (C=O) groups is 1. The molecule has 112 valence electrons. The Hall–Kier alpha value is -2.40. The highest BCUT2D eigenvalue weighted by Gasteiger charge is 2.12. The summed E-state index contributed by atoms with van der Waals surface area (Å²) >= 11 is 2.89. The van der Waals surface area contributed by atoms with Crippen molar-refractivity contribution in [2.45, 2.75) is 11.3 Å². The highest BCUT2D eigenvalue weighted by atomic mass is 32.2. The van der Waals surface area contributed by atoms with Gasteiger partial charge in [0.2, 0.25) is 5.13 Å². The zero-order chi connectivity index (χ0) is 15.4. The standard InChI is InChI=1S/C11H10N8OS2/c1-2-21-11-18-17-10(22-11)14-9(20)7-3-4-8(16-15-7)19-6-12-5-13-19/h3-6H,2H2,1H3,(H,14,17,20). The maximum absolute atomic E-state index is 12.1. The Bertz CT molecular complexity index is 755. The number of anilines is 1. The molecule has 0 aliphatic rings. The molecule has 0 saturated heterocycles. The molecule has 0 radical (unpaired) electrons. The number of rotatable bonds is 5. The van der Waals surface area contributed by atoms with E-state index in [0.29, 0.717) is 10.9 Å².